The minimum atomic E-state index is -9.33. The van der Waals surface area contributed by atoms with Gasteiger partial charge in [0.15, 0.2) is 0 Å². The van der Waals surface area contributed by atoms with Gasteiger partial charge in [-0.1, -0.05) is 0 Å². The lowest BCUT2D eigenvalue weighted by Gasteiger charge is -2.48. The SMILES string of the molecule is N.O=C(O)C(F)(F)C(F)(F)N(C(F)(F)C(F)(F)C(F)(F)C(F)(F)F)C(F)(F)C(F)(F)C(F)(F)C(F)(F)F. The van der Waals surface area contributed by atoms with Gasteiger partial charge in [-0.15, -0.1) is 4.90 Å². The first-order chi connectivity index (χ1) is 15.1. The van der Waals surface area contributed by atoms with Gasteiger partial charge in [0.1, 0.15) is 0 Å². The molecule has 0 aromatic rings. The van der Waals surface area contributed by atoms with E-state index in [4.69, 9.17) is 5.11 Å². The molecule has 0 rings (SSSR count). The molecule has 0 heterocycles. The zero-order valence-corrected chi connectivity index (χ0v) is 15.8. The first-order valence-electron chi connectivity index (χ1n) is 7.26. The molecule has 0 atom stereocenters. The Labute approximate surface area is 185 Å². The van der Waals surface area contributed by atoms with Crippen molar-refractivity contribution in [2.75, 3.05) is 0 Å². The van der Waals surface area contributed by atoms with Crippen LogP contribution in [0.4, 0.5) is 96.6 Å². The van der Waals surface area contributed by atoms with Crippen molar-refractivity contribution in [2.45, 2.75) is 60.1 Å². The minimum absolute atomic E-state index is 0. The van der Waals surface area contributed by atoms with Gasteiger partial charge in [0.05, 0.1) is 0 Å². The van der Waals surface area contributed by atoms with Gasteiger partial charge in [-0.2, -0.15) is 96.6 Å². The topological polar surface area (TPSA) is 75.5 Å². The third-order valence-electron chi connectivity index (χ3n) is 3.75. The minimum Gasteiger partial charge on any atom is -0.477 e. The summed E-state index contributed by atoms with van der Waals surface area (Å²) in [6.45, 7) is 0. The predicted octanol–water partition coefficient (Wildman–Crippen LogP) is 6.61. The van der Waals surface area contributed by atoms with Crippen LogP contribution in [0.3, 0.4) is 0 Å². The molecule has 0 spiro atoms. The van der Waals surface area contributed by atoms with E-state index in [1.165, 1.54) is 0 Å². The highest BCUT2D eigenvalue weighted by Crippen LogP contribution is 2.63. The molecule has 0 unspecified atom stereocenters. The van der Waals surface area contributed by atoms with Crippen molar-refractivity contribution in [3.05, 3.63) is 0 Å². The summed E-state index contributed by atoms with van der Waals surface area (Å²) < 4.78 is 285. The van der Waals surface area contributed by atoms with Crippen LogP contribution in [0.5, 0.6) is 0 Å². The van der Waals surface area contributed by atoms with Crippen LogP contribution < -0.4 is 6.15 Å². The van der Waals surface area contributed by atoms with Crippen LogP contribution in [0, 0.1) is 0 Å². The number of hydrogen-bond acceptors (Lipinski definition) is 3. The fourth-order valence-corrected chi connectivity index (χ4v) is 1.81. The molecule has 0 saturated carbocycles. The largest absolute Gasteiger partial charge is 0.477 e. The van der Waals surface area contributed by atoms with Gasteiger partial charge < -0.3 is 11.3 Å². The van der Waals surface area contributed by atoms with Crippen LogP contribution in [-0.4, -0.2) is 76.1 Å². The molecule has 0 aliphatic rings. The number of carboxylic acid groups (broad SMARTS) is 1. The van der Waals surface area contributed by atoms with E-state index < -0.39 is 71.0 Å². The molecule has 4 N–H and O–H groups in total. The van der Waals surface area contributed by atoms with Crippen molar-refractivity contribution < 1.29 is 106 Å². The Morgan fingerprint density at radius 3 is 0.811 bits per heavy atom. The van der Waals surface area contributed by atoms with E-state index in [0.29, 0.717) is 0 Å². The zero-order valence-electron chi connectivity index (χ0n) is 15.8. The van der Waals surface area contributed by atoms with Crippen LogP contribution in [-0.2, 0) is 4.79 Å². The Kier molecular flexibility index (Phi) is 8.96. The van der Waals surface area contributed by atoms with Gasteiger partial charge in [-0.3, -0.25) is 0 Å². The fourth-order valence-electron chi connectivity index (χ4n) is 1.81. The second-order valence-electron chi connectivity index (χ2n) is 6.13. The van der Waals surface area contributed by atoms with E-state index in [2.05, 4.69) is 0 Å². The Morgan fingerprint density at radius 2 is 0.649 bits per heavy atom. The molecule has 26 heteroatoms. The van der Waals surface area contributed by atoms with Gasteiger partial charge in [-0.05, 0) is 0 Å². The first-order valence-corrected chi connectivity index (χ1v) is 7.26. The van der Waals surface area contributed by atoms with E-state index in [9.17, 15) is 101 Å². The number of aliphatic carboxylic acids is 1. The summed E-state index contributed by atoms with van der Waals surface area (Å²) in [7, 11) is 0. The molecule has 4 nitrogen and oxygen atoms in total. The van der Waals surface area contributed by atoms with Crippen LogP contribution in [0.15, 0.2) is 0 Å². The molecular formula is C11H4F22N2O2. The maximum absolute atomic E-state index is 13.7. The average Bonchev–Trinajstić information content (AvgIpc) is 2.57. The zero-order chi connectivity index (χ0) is 30.2. The molecule has 0 aliphatic heterocycles. The van der Waals surface area contributed by atoms with Crippen LogP contribution in [0.1, 0.15) is 0 Å². The van der Waals surface area contributed by atoms with E-state index >= 15 is 0 Å². The van der Waals surface area contributed by atoms with Gasteiger partial charge in [0.2, 0.25) is 0 Å². The highest BCUT2D eigenvalue weighted by molar-refractivity contribution is 5.76. The molecule has 0 radical (unpaired) electrons. The molecule has 224 valence electrons. The highest BCUT2D eigenvalue weighted by atomic mass is 19.4. The Morgan fingerprint density at radius 1 is 0.432 bits per heavy atom. The summed E-state index contributed by atoms with van der Waals surface area (Å²) in [4.78, 5) is 4.48. The van der Waals surface area contributed by atoms with Gasteiger partial charge in [0.25, 0.3) is 0 Å². The molecule has 0 aromatic carbocycles. The normalized spacial score (nSPS) is 16.1. The maximum atomic E-state index is 13.7. The molecule has 0 amide bonds. The number of hydrogen-bond donors (Lipinski definition) is 2. The van der Waals surface area contributed by atoms with Crippen molar-refractivity contribution in [3.8, 4) is 0 Å². The number of halogens is 22. The number of rotatable bonds is 9. The summed E-state index contributed by atoms with van der Waals surface area (Å²) in [5.74, 6) is -48.5. The van der Waals surface area contributed by atoms with E-state index in [-0.39, 0.29) is 6.15 Å². The van der Waals surface area contributed by atoms with E-state index in [1.54, 1.807) is 0 Å². The third kappa shape index (κ3) is 4.77. The maximum Gasteiger partial charge on any atom is 0.460 e. The molecular weight excluding hydrogens is 610 g/mol. The molecule has 37 heavy (non-hydrogen) atoms. The average molecular weight is 614 g/mol. The smallest absolute Gasteiger partial charge is 0.460 e. The Bertz CT molecular complexity index is 791. The van der Waals surface area contributed by atoms with Gasteiger partial charge >= 0.3 is 66.1 Å². The summed E-state index contributed by atoms with van der Waals surface area (Å²) >= 11 is 0. The first kappa shape index (κ1) is 37.0. The molecule has 0 bridgehead atoms. The van der Waals surface area contributed by atoms with Gasteiger partial charge in [-0.25, -0.2) is 4.79 Å². The lowest BCUT2D eigenvalue weighted by Crippen LogP contribution is -2.80. The summed E-state index contributed by atoms with van der Waals surface area (Å²) in [5.41, 5.74) is 0. The van der Waals surface area contributed by atoms with Crippen molar-refractivity contribution >= 4 is 5.97 Å². The van der Waals surface area contributed by atoms with Crippen LogP contribution in [0.25, 0.3) is 0 Å². The van der Waals surface area contributed by atoms with Crippen LogP contribution >= 0.6 is 0 Å². The number of alkyl halides is 22. The second-order valence-corrected chi connectivity index (χ2v) is 6.13. The van der Waals surface area contributed by atoms with E-state index in [1.807, 2.05) is 0 Å². The summed E-state index contributed by atoms with van der Waals surface area (Å²) in [6, 6.07) is -27.5. The van der Waals surface area contributed by atoms with E-state index in [0.717, 1.165) is 0 Å². The third-order valence-corrected chi connectivity index (χ3v) is 3.75. The van der Waals surface area contributed by atoms with Crippen molar-refractivity contribution in [1.29, 1.82) is 0 Å². The van der Waals surface area contributed by atoms with Crippen molar-refractivity contribution in [2.24, 2.45) is 0 Å². The molecule has 0 aromatic heterocycles. The summed E-state index contributed by atoms with van der Waals surface area (Å²) in [5, 5.41) is 7.76. The highest BCUT2D eigenvalue weighted by Gasteiger charge is 2.94. The van der Waals surface area contributed by atoms with Crippen LogP contribution in [0.2, 0.25) is 0 Å². The predicted molar refractivity (Wildman–Crippen MR) is 66.2 cm³/mol. The fraction of sp³-hybridized carbons (Fsp3) is 0.909. The number of nitrogens with zero attached hydrogens (tertiary/aromatic N) is 1. The lowest BCUT2D eigenvalue weighted by molar-refractivity contribution is -0.512. The van der Waals surface area contributed by atoms with Gasteiger partial charge in [0, 0.05) is 0 Å². The number of carbonyl (C=O) groups is 1. The monoisotopic (exact) mass is 614 g/mol. The van der Waals surface area contributed by atoms with Crippen molar-refractivity contribution in [3.63, 3.8) is 0 Å². The second kappa shape index (κ2) is 8.96. The standard InChI is InChI=1S/C11HF22NO2.H3N/c12-2(13,1(35)36)9(28,29)34(10(30,31)5(18,19)3(14,15)7(22,23)24)11(32,33)6(20,21)4(16,17)8(25,26)27;/h(H,35,36);1H3. The summed E-state index contributed by atoms with van der Waals surface area (Å²) in [6.07, 6.45) is -16.4. The van der Waals surface area contributed by atoms with Crippen molar-refractivity contribution in [1.82, 2.24) is 11.1 Å². The Hall–Kier alpha value is -2.15. The Balaban J connectivity index is 0. The number of carboxylic acids is 1. The molecule has 0 fully saturated rings. The lowest BCUT2D eigenvalue weighted by atomic mass is 10.0. The quantitative estimate of drug-likeness (QED) is 0.227. The molecule has 0 aliphatic carbocycles. The molecule has 0 saturated heterocycles.